The molecule has 0 saturated heterocycles. The highest BCUT2D eigenvalue weighted by atomic mass is 35.5. The Kier molecular flexibility index (Phi) is 5.77. The van der Waals surface area contributed by atoms with Crippen molar-refractivity contribution in [1.82, 2.24) is 14.8 Å². The standard InChI is InChI=1S/C22H15Cl3N4O/c1-13-5-8-17(25)12-19(13)29-21(14-6-9-15(23)10-7-14)27-20(28-29)22(30)26-18-4-2-3-16(24)11-18/h2-12H,1H3,(H,26,30). The summed E-state index contributed by atoms with van der Waals surface area (Å²) in [6.45, 7) is 1.94. The smallest absolute Gasteiger partial charge is 0.295 e. The number of amides is 1. The van der Waals surface area contributed by atoms with Crippen LogP contribution in [0, 0.1) is 6.92 Å². The SMILES string of the molecule is Cc1ccc(Cl)cc1-n1nc(C(=O)Nc2cccc(Cl)c2)nc1-c1ccc(Cl)cc1. The predicted octanol–water partition coefficient (Wildman–Crippen LogP) is 6.46. The molecule has 1 amide bonds. The minimum absolute atomic E-state index is 0.0132. The minimum atomic E-state index is -0.453. The highest BCUT2D eigenvalue weighted by molar-refractivity contribution is 6.31. The third-order valence-electron chi connectivity index (χ3n) is 4.39. The molecular formula is C22H15Cl3N4O. The van der Waals surface area contributed by atoms with Crippen LogP contribution in [0.4, 0.5) is 5.69 Å². The second-order valence-corrected chi connectivity index (χ2v) is 7.88. The van der Waals surface area contributed by atoms with Gasteiger partial charge in [-0.05, 0) is 67.1 Å². The number of nitrogens with one attached hydrogen (secondary N) is 1. The molecule has 5 nitrogen and oxygen atoms in total. The Hall–Kier alpha value is -2.86. The van der Waals surface area contributed by atoms with Gasteiger partial charge in [-0.2, -0.15) is 0 Å². The number of anilines is 1. The fourth-order valence-electron chi connectivity index (χ4n) is 2.93. The molecule has 0 atom stereocenters. The molecule has 1 aromatic heterocycles. The first-order valence-electron chi connectivity index (χ1n) is 8.97. The first-order valence-corrected chi connectivity index (χ1v) is 10.1. The highest BCUT2D eigenvalue weighted by Crippen LogP contribution is 2.27. The van der Waals surface area contributed by atoms with E-state index in [1.165, 1.54) is 0 Å². The summed E-state index contributed by atoms with van der Waals surface area (Å²) in [6, 6.07) is 19.5. The molecule has 0 fully saturated rings. The van der Waals surface area contributed by atoms with Gasteiger partial charge in [-0.25, -0.2) is 9.67 Å². The number of hydrogen-bond donors (Lipinski definition) is 1. The third-order valence-corrected chi connectivity index (χ3v) is 5.12. The molecule has 8 heteroatoms. The van der Waals surface area contributed by atoms with Crippen LogP contribution >= 0.6 is 34.8 Å². The van der Waals surface area contributed by atoms with Gasteiger partial charge in [0, 0.05) is 26.3 Å². The maximum absolute atomic E-state index is 12.8. The van der Waals surface area contributed by atoms with Gasteiger partial charge in [0.2, 0.25) is 5.82 Å². The number of halogens is 3. The highest BCUT2D eigenvalue weighted by Gasteiger charge is 2.20. The number of aromatic nitrogens is 3. The number of aryl methyl sites for hydroxylation is 1. The van der Waals surface area contributed by atoms with E-state index in [0.717, 1.165) is 16.8 Å². The summed E-state index contributed by atoms with van der Waals surface area (Å²) >= 11 is 18.2. The van der Waals surface area contributed by atoms with Crippen molar-refractivity contribution in [2.45, 2.75) is 6.92 Å². The zero-order chi connectivity index (χ0) is 21.3. The van der Waals surface area contributed by atoms with Gasteiger partial charge < -0.3 is 5.32 Å². The lowest BCUT2D eigenvalue weighted by Gasteiger charge is -2.09. The zero-order valence-corrected chi connectivity index (χ0v) is 18.0. The lowest BCUT2D eigenvalue weighted by molar-refractivity contribution is 0.101. The molecule has 0 spiro atoms. The Morgan fingerprint density at radius 1 is 0.900 bits per heavy atom. The quantitative estimate of drug-likeness (QED) is 0.383. The van der Waals surface area contributed by atoms with Crippen LogP contribution in [0.3, 0.4) is 0 Å². The Balaban J connectivity index is 1.80. The number of carbonyl (C=O) groups is 1. The first-order chi connectivity index (χ1) is 14.4. The van der Waals surface area contributed by atoms with E-state index in [2.05, 4.69) is 15.4 Å². The van der Waals surface area contributed by atoms with Crippen molar-refractivity contribution < 1.29 is 4.79 Å². The van der Waals surface area contributed by atoms with E-state index in [1.807, 2.05) is 25.1 Å². The van der Waals surface area contributed by atoms with E-state index >= 15 is 0 Å². The van der Waals surface area contributed by atoms with E-state index < -0.39 is 5.91 Å². The van der Waals surface area contributed by atoms with E-state index in [4.69, 9.17) is 34.8 Å². The van der Waals surface area contributed by atoms with Crippen LogP contribution in [0.15, 0.2) is 66.7 Å². The van der Waals surface area contributed by atoms with Crippen molar-refractivity contribution in [3.63, 3.8) is 0 Å². The molecule has 4 rings (SSSR count). The lowest BCUT2D eigenvalue weighted by atomic mass is 10.2. The van der Waals surface area contributed by atoms with Crippen LogP contribution in [0.2, 0.25) is 15.1 Å². The van der Waals surface area contributed by atoms with E-state index in [1.54, 1.807) is 53.2 Å². The molecule has 30 heavy (non-hydrogen) atoms. The van der Waals surface area contributed by atoms with Gasteiger partial charge in [-0.1, -0.05) is 46.9 Å². The van der Waals surface area contributed by atoms with Crippen LogP contribution in [0.25, 0.3) is 17.1 Å². The van der Waals surface area contributed by atoms with Gasteiger partial charge in [0.15, 0.2) is 5.82 Å². The average Bonchev–Trinajstić information content (AvgIpc) is 3.16. The Morgan fingerprint density at radius 3 is 2.33 bits per heavy atom. The van der Waals surface area contributed by atoms with Crippen LogP contribution in [-0.2, 0) is 0 Å². The predicted molar refractivity (Wildman–Crippen MR) is 121 cm³/mol. The van der Waals surface area contributed by atoms with Gasteiger partial charge in [0.05, 0.1) is 5.69 Å². The summed E-state index contributed by atoms with van der Waals surface area (Å²) < 4.78 is 1.61. The van der Waals surface area contributed by atoms with Gasteiger partial charge in [0.1, 0.15) is 0 Å². The molecule has 0 aliphatic heterocycles. The summed E-state index contributed by atoms with van der Waals surface area (Å²) in [4.78, 5) is 17.3. The average molecular weight is 458 g/mol. The minimum Gasteiger partial charge on any atom is -0.319 e. The summed E-state index contributed by atoms with van der Waals surface area (Å²) in [5.74, 6) is 0.0542. The van der Waals surface area contributed by atoms with Crippen molar-refractivity contribution in [3.8, 4) is 17.1 Å². The van der Waals surface area contributed by atoms with Crippen LogP contribution < -0.4 is 5.32 Å². The van der Waals surface area contributed by atoms with Crippen molar-refractivity contribution in [3.05, 3.63) is 93.2 Å². The molecule has 1 N–H and O–H groups in total. The first kappa shape index (κ1) is 20.4. The number of carbonyl (C=O) groups excluding carboxylic acids is 1. The van der Waals surface area contributed by atoms with Gasteiger partial charge >= 0.3 is 0 Å². The topological polar surface area (TPSA) is 59.8 Å². The van der Waals surface area contributed by atoms with Gasteiger partial charge in [0.25, 0.3) is 5.91 Å². The maximum atomic E-state index is 12.8. The Bertz CT molecular complexity index is 1240. The molecule has 3 aromatic carbocycles. The number of nitrogens with zero attached hydrogens (tertiary/aromatic N) is 3. The van der Waals surface area contributed by atoms with Crippen molar-refractivity contribution in [2.24, 2.45) is 0 Å². The van der Waals surface area contributed by atoms with Gasteiger partial charge in [-0.3, -0.25) is 4.79 Å². The fourth-order valence-corrected chi connectivity index (χ4v) is 3.41. The second kappa shape index (κ2) is 8.48. The van der Waals surface area contributed by atoms with Gasteiger partial charge in [-0.15, -0.1) is 5.10 Å². The normalized spacial score (nSPS) is 10.8. The van der Waals surface area contributed by atoms with Crippen LogP contribution in [0.5, 0.6) is 0 Å². The molecule has 0 aliphatic rings. The molecular weight excluding hydrogens is 443 g/mol. The molecule has 0 bridgehead atoms. The number of hydrogen-bond acceptors (Lipinski definition) is 3. The van der Waals surface area contributed by atoms with E-state index in [-0.39, 0.29) is 5.82 Å². The summed E-state index contributed by atoms with van der Waals surface area (Å²) in [5, 5.41) is 8.91. The van der Waals surface area contributed by atoms with E-state index in [9.17, 15) is 4.79 Å². The Morgan fingerprint density at radius 2 is 1.60 bits per heavy atom. The monoisotopic (exact) mass is 456 g/mol. The number of rotatable bonds is 4. The second-order valence-electron chi connectivity index (χ2n) is 6.57. The molecule has 0 saturated carbocycles. The maximum Gasteiger partial charge on any atom is 0.295 e. The summed E-state index contributed by atoms with van der Waals surface area (Å²) in [7, 11) is 0. The number of benzene rings is 3. The third kappa shape index (κ3) is 4.33. The van der Waals surface area contributed by atoms with Crippen molar-refractivity contribution in [1.29, 1.82) is 0 Å². The fraction of sp³-hybridized carbons (Fsp3) is 0.0455. The largest absolute Gasteiger partial charge is 0.319 e. The molecule has 4 aromatic rings. The summed E-state index contributed by atoms with van der Waals surface area (Å²) in [6.07, 6.45) is 0. The van der Waals surface area contributed by atoms with Crippen LogP contribution in [0.1, 0.15) is 16.2 Å². The zero-order valence-electron chi connectivity index (χ0n) is 15.7. The molecule has 150 valence electrons. The lowest BCUT2D eigenvalue weighted by Crippen LogP contribution is -2.14. The molecule has 0 aliphatic carbocycles. The van der Waals surface area contributed by atoms with Crippen LogP contribution in [-0.4, -0.2) is 20.7 Å². The molecule has 0 radical (unpaired) electrons. The van der Waals surface area contributed by atoms with Crippen molar-refractivity contribution in [2.75, 3.05) is 5.32 Å². The Labute approximate surface area is 188 Å². The van der Waals surface area contributed by atoms with E-state index in [0.29, 0.717) is 26.6 Å². The summed E-state index contributed by atoms with van der Waals surface area (Å²) in [5.41, 5.74) is 2.96. The molecule has 0 unspecified atom stereocenters. The van der Waals surface area contributed by atoms with Crippen molar-refractivity contribution >= 4 is 46.4 Å². The molecule has 1 heterocycles.